The van der Waals surface area contributed by atoms with Gasteiger partial charge in [0.05, 0.1) is 12.2 Å². The number of hydrogen-bond donors (Lipinski definition) is 0. The van der Waals surface area contributed by atoms with E-state index in [9.17, 15) is 4.79 Å². The Bertz CT molecular complexity index is 211. The van der Waals surface area contributed by atoms with Gasteiger partial charge >= 0.3 is 5.97 Å². The zero-order valence-electron chi connectivity index (χ0n) is 9.72. The van der Waals surface area contributed by atoms with Crippen LogP contribution in [-0.2, 0) is 14.3 Å². The van der Waals surface area contributed by atoms with Gasteiger partial charge < -0.3 is 9.47 Å². The van der Waals surface area contributed by atoms with Crippen LogP contribution in [0.25, 0.3) is 0 Å². The van der Waals surface area contributed by atoms with Gasteiger partial charge in [0, 0.05) is 6.08 Å². The van der Waals surface area contributed by atoms with Gasteiger partial charge in [-0.3, -0.25) is 0 Å². The Balaban J connectivity index is 4.07. The fourth-order valence-electron chi connectivity index (χ4n) is 0.734. The first kappa shape index (κ1) is 13.2. The lowest BCUT2D eigenvalue weighted by Crippen LogP contribution is -2.36. The van der Waals surface area contributed by atoms with Gasteiger partial charge in [-0.1, -0.05) is 6.58 Å². The topological polar surface area (TPSA) is 35.5 Å². The van der Waals surface area contributed by atoms with E-state index in [1.54, 1.807) is 13.8 Å². The third-order valence-corrected chi connectivity index (χ3v) is 1.40. The Labute approximate surface area is 86.1 Å². The predicted molar refractivity (Wildman–Crippen MR) is 56.1 cm³/mol. The quantitative estimate of drug-likeness (QED) is 0.516. The highest BCUT2D eigenvalue weighted by Crippen LogP contribution is 2.15. The van der Waals surface area contributed by atoms with Gasteiger partial charge in [0.1, 0.15) is 5.60 Å². The summed E-state index contributed by atoms with van der Waals surface area (Å²) in [6.45, 7) is 13.2. The standard InChI is InChI=1S/C11H20O3/c1-7-9(12)14-11(5,6)8-13-10(2,3)4/h7H,1,8H2,2-6H3. The molecular formula is C11H20O3. The predicted octanol–water partition coefficient (Wildman–Crippen LogP) is 2.31. The fraction of sp³-hybridized carbons (Fsp3) is 0.727. The van der Waals surface area contributed by atoms with Crippen molar-refractivity contribution in [2.24, 2.45) is 0 Å². The summed E-state index contributed by atoms with van der Waals surface area (Å²) in [5, 5.41) is 0. The number of ether oxygens (including phenoxy) is 2. The maximum atomic E-state index is 11.0. The Morgan fingerprint density at radius 1 is 1.29 bits per heavy atom. The van der Waals surface area contributed by atoms with Crippen LogP contribution >= 0.6 is 0 Å². The lowest BCUT2D eigenvalue weighted by Gasteiger charge is -2.29. The van der Waals surface area contributed by atoms with Crippen molar-refractivity contribution in [3.63, 3.8) is 0 Å². The van der Waals surface area contributed by atoms with Gasteiger partial charge in [-0.05, 0) is 34.6 Å². The normalized spacial score (nSPS) is 12.4. The van der Waals surface area contributed by atoms with Crippen molar-refractivity contribution >= 4 is 5.97 Å². The minimum atomic E-state index is -0.613. The highest BCUT2D eigenvalue weighted by atomic mass is 16.6. The van der Waals surface area contributed by atoms with Crippen LogP contribution in [0.3, 0.4) is 0 Å². The number of esters is 1. The zero-order valence-corrected chi connectivity index (χ0v) is 9.72. The molecule has 0 aromatic rings. The molecule has 0 aromatic carbocycles. The zero-order chi connectivity index (χ0) is 11.4. The fourth-order valence-corrected chi connectivity index (χ4v) is 0.734. The molecule has 0 unspecified atom stereocenters. The summed E-state index contributed by atoms with van der Waals surface area (Å²) >= 11 is 0. The van der Waals surface area contributed by atoms with Crippen LogP contribution in [0, 0.1) is 0 Å². The molecule has 0 saturated carbocycles. The van der Waals surface area contributed by atoms with Gasteiger partial charge in [-0.15, -0.1) is 0 Å². The van der Waals surface area contributed by atoms with Crippen molar-refractivity contribution in [3.05, 3.63) is 12.7 Å². The Morgan fingerprint density at radius 3 is 2.14 bits per heavy atom. The van der Waals surface area contributed by atoms with Crippen LogP contribution in [0.1, 0.15) is 34.6 Å². The molecule has 82 valence electrons. The van der Waals surface area contributed by atoms with Crippen LogP contribution < -0.4 is 0 Å². The van der Waals surface area contributed by atoms with Crippen LogP contribution in [0.2, 0.25) is 0 Å². The molecule has 0 aliphatic rings. The first-order valence-corrected chi connectivity index (χ1v) is 4.66. The summed E-state index contributed by atoms with van der Waals surface area (Å²) in [4.78, 5) is 11.0. The molecule has 0 atom stereocenters. The largest absolute Gasteiger partial charge is 0.454 e. The molecule has 0 spiro atoms. The molecule has 0 heterocycles. The van der Waals surface area contributed by atoms with Gasteiger partial charge in [0.15, 0.2) is 0 Å². The summed E-state index contributed by atoms with van der Waals surface area (Å²) in [6.07, 6.45) is 1.15. The summed E-state index contributed by atoms with van der Waals surface area (Å²) < 4.78 is 10.6. The first-order valence-electron chi connectivity index (χ1n) is 4.66. The smallest absolute Gasteiger partial charge is 0.330 e. The minimum Gasteiger partial charge on any atom is -0.454 e. The van der Waals surface area contributed by atoms with E-state index in [4.69, 9.17) is 9.47 Å². The molecule has 3 heteroatoms. The average molecular weight is 200 g/mol. The molecule has 0 aromatic heterocycles. The van der Waals surface area contributed by atoms with E-state index >= 15 is 0 Å². The number of carbonyl (C=O) groups is 1. The summed E-state index contributed by atoms with van der Waals surface area (Å²) in [5.74, 6) is -0.424. The van der Waals surface area contributed by atoms with Crippen molar-refractivity contribution in [1.82, 2.24) is 0 Å². The van der Waals surface area contributed by atoms with Gasteiger partial charge in [0.2, 0.25) is 0 Å². The molecule has 0 aliphatic carbocycles. The summed E-state index contributed by atoms with van der Waals surface area (Å²) in [7, 11) is 0. The summed E-state index contributed by atoms with van der Waals surface area (Å²) in [5.41, 5.74) is -0.837. The molecule has 0 N–H and O–H groups in total. The van der Waals surface area contributed by atoms with E-state index in [1.807, 2.05) is 20.8 Å². The molecular weight excluding hydrogens is 180 g/mol. The van der Waals surface area contributed by atoms with Crippen molar-refractivity contribution in [2.45, 2.75) is 45.8 Å². The second-order valence-corrected chi connectivity index (χ2v) is 4.79. The molecule has 0 amide bonds. The van der Waals surface area contributed by atoms with Crippen LogP contribution in [0.5, 0.6) is 0 Å². The van der Waals surface area contributed by atoms with Gasteiger partial charge in [-0.2, -0.15) is 0 Å². The van der Waals surface area contributed by atoms with Crippen molar-refractivity contribution in [1.29, 1.82) is 0 Å². The SMILES string of the molecule is C=CC(=O)OC(C)(C)COC(C)(C)C. The molecule has 0 rings (SSSR count). The van der Waals surface area contributed by atoms with E-state index < -0.39 is 11.6 Å². The van der Waals surface area contributed by atoms with Crippen LogP contribution in [-0.4, -0.2) is 23.8 Å². The van der Waals surface area contributed by atoms with Crippen molar-refractivity contribution < 1.29 is 14.3 Å². The molecule has 0 aliphatic heterocycles. The number of rotatable bonds is 4. The molecule has 0 saturated heterocycles. The van der Waals surface area contributed by atoms with E-state index in [0.29, 0.717) is 6.61 Å². The highest BCUT2D eigenvalue weighted by Gasteiger charge is 2.24. The molecule has 0 radical (unpaired) electrons. The average Bonchev–Trinajstić information content (AvgIpc) is 1.99. The maximum absolute atomic E-state index is 11.0. The lowest BCUT2D eigenvalue weighted by molar-refractivity contribution is -0.161. The molecule has 3 nitrogen and oxygen atoms in total. The maximum Gasteiger partial charge on any atom is 0.330 e. The van der Waals surface area contributed by atoms with Crippen molar-refractivity contribution in [2.75, 3.05) is 6.61 Å². The minimum absolute atomic E-state index is 0.224. The van der Waals surface area contributed by atoms with Gasteiger partial charge in [0.25, 0.3) is 0 Å². The van der Waals surface area contributed by atoms with Crippen LogP contribution in [0.15, 0.2) is 12.7 Å². The van der Waals surface area contributed by atoms with Crippen LogP contribution in [0.4, 0.5) is 0 Å². The molecule has 14 heavy (non-hydrogen) atoms. The van der Waals surface area contributed by atoms with Gasteiger partial charge in [-0.25, -0.2) is 4.79 Å². The number of carbonyl (C=O) groups excluding carboxylic acids is 1. The Morgan fingerprint density at radius 2 is 1.79 bits per heavy atom. The first-order chi connectivity index (χ1) is 6.16. The molecule has 0 bridgehead atoms. The number of hydrogen-bond acceptors (Lipinski definition) is 3. The lowest BCUT2D eigenvalue weighted by atomic mass is 10.1. The monoisotopic (exact) mass is 200 g/mol. The van der Waals surface area contributed by atoms with Crippen molar-refractivity contribution in [3.8, 4) is 0 Å². The van der Waals surface area contributed by atoms with E-state index in [2.05, 4.69) is 6.58 Å². The second-order valence-electron chi connectivity index (χ2n) is 4.79. The Kier molecular flexibility index (Phi) is 4.33. The molecule has 0 fully saturated rings. The Hall–Kier alpha value is -0.830. The summed E-state index contributed by atoms with van der Waals surface area (Å²) in [6, 6.07) is 0. The highest BCUT2D eigenvalue weighted by molar-refractivity contribution is 5.81. The third kappa shape index (κ3) is 6.66. The second kappa shape index (κ2) is 4.60. The third-order valence-electron chi connectivity index (χ3n) is 1.40. The van der Waals surface area contributed by atoms with E-state index in [0.717, 1.165) is 6.08 Å². The van der Waals surface area contributed by atoms with E-state index in [1.165, 1.54) is 0 Å². The van der Waals surface area contributed by atoms with E-state index in [-0.39, 0.29) is 5.60 Å².